The second-order valence-corrected chi connectivity index (χ2v) is 5.26. The molecule has 2 aliphatic heterocycles. The van der Waals surface area contributed by atoms with Gasteiger partial charge < -0.3 is 9.47 Å². The monoisotopic (exact) mass is 270 g/mol. The fourth-order valence-electron chi connectivity index (χ4n) is 3.02. The molecule has 0 radical (unpaired) electrons. The second-order valence-electron chi connectivity index (χ2n) is 5.26. The molecule has 2 aliphatic rings. The maximum absolute atomic E-state index is 11.7. The van der Waals surface area contributed by atoms with Gasteiger partial charge in [0, 0.05) is 45.2 Å². The molecule has 0 aromatic rings. The van der Waals surface area contributed by atoms with E-state index in [-0.39, 0.29) is 12.0 Å². The molecule has 0 aliphatic carbocycles. The Morgan fingerprint density at radius 3 is 2.84 bits per heavy atom. The second kappa shape index (κ2) is 7.22. The standard InChI is InChI=1S/C14H26N2O3/c1-3-12-11-16(13-5-9-19-14(13)17)7-6-15(12)8-10-18-4-2/h12-13H,3-11H2,1-2H3/t12-,13-/m1/s1. The summed E-state index contributed by atoms with van der Waals surface area (Å²) in [7, 11) is 0. The molecule has 2 atom stereocenters. The Hall–Kier alpha value is -0.650. The zero-order valence-corrected chi connectivity index (χ0v) is 12.1. The molecular weight excluding hydrogens is 244 g/mol. The van der Waals surface area contributed by atoms with Crippen molar-refractivity contribution in [2.45, 2.75) is 38.8 Å². The van der Waals surface area contributed by atoms with Gasteiger partial charge in [-0.15, -0.1) is 0 Å². The van der Waals surface area contributed by atoms with Crippen LogP contribution in [0.4, 0.5) is 0 Å². The van der Waals surface area contributed by atoms with Gasteiger partial charge in [-0.25, -0.2) is 0 Å². The SMILES string of the molecule is CCOCCN1CCN([C@@H]2CCOC2=O)C[C@H]1CC. The van der Waals surface area contributed by atoms with Crippen molar-refractivity contribution in [3.05, 3.63) is 0 Å². The molecule has 2 rings (SSSR count). The molecule has 5 nitrogen and oxygen atoms in total. The number of ether oxygens (including phenoxy) is 2. The Morgan fingerprint density at radius 2 is 2.21 bits per heavy atom. The van der Waals surface area contributed by atoms with Crippen molar-refractivity contribution < 1.29 is 14.3 Å². The summed E-state index contributed by atoms with van der Waals surface area (Å²) in [5.41, 5.74) is 0. The third-order valence-electron chi connectivity index (χ3n) is 4.18. The minimum Gasteiger partial charge on any atom is -0.464 e. The normalized spacial score (nSPS) is 29.7. The number of cyclic esters (lactones) is 1. The summed E-state index contributed by atoms with van der Waals surface area (Å²) in [4.78, 5) is 16.5. The zero-order chi connectivity index (χ0) is 13.7. The number of rotatable bonds is 6. The van der Waals surface area contributed by atoms with E-state index in [0.717, 1.165) is 52.2 Å². The van der Waals surface area contributed by atoms with Gasteiger partial charge in [0.1, 0.15) is 6.04 Å². The molecule has 0 spiro atoms. The van der Waals surface area contributed by atoms with E-state index in [4.69, 9.17) is 9.47 Å². The summed E-state index contributed by atoms with van der Waals surface area (Å²) >= 11 is 0. The first-order valence-electron chi connectivity index (χ1n) is 7.48. The highest BCUT2D eigenvalue weighted by atomic mass is 16.5. The van der Waals surface area contributed by atoms with Crippen LogP contribution in [0.5, 0.6) is 0 Å². The Balaban J connectivity index is 1.84. The molecule has 2 saturated heterocycles. The predicted molar refractivity (Wildman–Crippen MR) is 73.1 cm³/mol. The van der Waals surface area contributed by atoms with Crippen LogP contribution in [0.1, 0.15) is 26.7 Å². The van der Waals surface area contributed by atoms with E-state index in [0.29, 0.717) is 12.6 Å². The van der Waals surface area contributed by atoms with Crippen LogP contribution in [0.3, 0.4) is 0 Å². The van der Waals surface area contributed by atoms with Crippen LogP contribution < -0.4 is 0 Å². The lowest BCUT2D eigenvalue weighted by Crippen LogP contribution is -2.57. The van der Waals surface area contributed by atoms with Crippen molar-refractivity contribution in [2.24, 2.45) is 0 Å². The summed E-state index contributed by atoms with van der Waals surface area (Å²) in [5.74, 6) is -0.0300. The number of piperazine rings is 1. The molecule has 0 bridgehead atoms. The average molecular weight is 270 g/mol. The number of carbonyl (C=O) groups excluding carboxylic acids is 1. The predicted octanol–water partition coefficient (Wildman–Crippen LogP) is 0.735. The highest BCUT2D eigenvalue weighted by Gasteiger charge is 2.36. The lowest BCUT2D eigenvalue weighted by Gasteiger charge is -2.42. The number of carbonyl (C=O) groups is 1. The average Bonchev–Trinajstić information content (AvgIpc) is 2.85. The topological polar surface area (TPSA) is 42.0 Å². The van der Waals surface area contributed by atoms with Crippen LogP contribution in [0, 0.1) is 0 Å². The van der Waals surface area contributed by atoms with Gasteiger partial charge in [-0.05, 0) is 13.3 Å². The van der Waals surface area contributed by atoms with Crippen molar-refractivity contribution in [1.82, 2.24) is 9.80 Å². The Kier molecular flexibility index (Phi) is 5.60. The van der Waals surface area contributed by atoms with Gasteiger partial charge in [0.25, 0.3) is 0 Å². The first-order chi connectivity index (χ1) is 9.26. The van der Waals surface area contributed by atoms with Gasteiger partial charge in [0.15, 0.2) is 0 Å². The molecule has 0 aromatic heterocycles. The lowest BCUT2D eigenvalue weighted by atomic mass is 10.1. The van der Waals surface area contributed by atoms with E-state index in [1.165, 1.54) is 0 Å². The third kappa shape index (κ3) is 3.68. The molecule has 110 valence electrons. The van der Waals surface area contributed by atoms with E-state index in [2.05, 4.69) is 16.7 Å². The van der Waals surface area contributed by atoms with E-state index < -0.39 is 0 Å². The van der Waals surface area contributed by atoms with Gasteiger partial charge in [0.2, 0.25) is 0 Å². The van der Waals surface area contributed by atoms with Gasteiger partial charge >= 0.3 is 5.97 Å². The summed E-state index contributed by atoms with van der Waals surface area (Å²) in [5, 5.41) is 0. The molecule has 0 saturated carbocycles. The van der Waals surface area contributed by atoms with E-state index >= 15 is 0 Å². The smallest absolute Gasteiger partial charge is 0.323 e. The minimum atomic E-state index is -0.0300. The molecule has 0 N–H and O–H groups in total. The molecular formula is C14H26N2O3. The van der Waals surface area contributed by atoms with Crippen molar-refractivity contribution in [3.63, 3.8) is 0 Å². The number of esters is 1. The van der Waals surface area contributed by atoms with Crippen LogP contribution >= 0.6 is 0 Å². The first kappa shape index (κ1) is 14.8. The summed E-state index contributed by atoms with van der Waals surface area (Å²) < 4.78 is 10.5. The number of hydrogen-bond acceptors (Lipinski definition) is 5. The van der Waals surface area contributed by atoms with Crippen LogP contribution in [0.2, 0.25) is 0 Å². The van der Waals surface area contributed by atoms with Crippen molar-refractivity contribution in [1.29, 1.82) is 0 Å². The zero-order valence-electron chi connectivity index (χ0n) is 12.1. The molecule has 19 heavy (non-hydrogen) atoms. The quantitative estimate of drug-likeness (QED) is 0.526. The molecule has 2 fully saturated rings. The fraction of sp³-hybridized carbons (Fsp3) is 0.929. The van der Waals surface area contributed by atoms with Crippen LogP contribution in [0.15, 0.2) is 0 Å². The Morgan fingerprint density at radius 1 is 1.37 bits per heavy atom. The molecule has 0 aromatic carbocycles. The van der Waals surface area contributed by atoms with Crippen LogP contribution in [-0.2, 0) is 14.3 Å². The van der Waals surface area contributed by atoms with Gasteiger partial charge in [-0.2, -0.15) is 0 Å². The molecule has 5 heteroatoms. The van der Waals surface area contributed by atoms with Crippen molar-refractivity contribution >= 4 is 5.97 Å². The summed E-state index contributed by atoms with van der Waals surface area (Å²) in [6.07, 6.45) is 1.97. The van der Waals surface area contributed by atoms with E-state index in [1.807, 2.05) is 6.92 Å². The third-order valence-corrected chi connectivity index (χ3v) is 4.18. The van der Waals surface area contributed by atoms with Crippen molar-refractivity contribution in [3.8, 4) is 0 Å². The van der Waals surface area contributed by atoms with Gasteiger partial charge in [-0.1, -0.05) is 6.92 Å². The number of nitrogens with zero attached hydrogens (tertiary/aromatic N) is 2. The lowest BCUT2D eigenvalue weighted by molar-refractivity contribution is -0.143. The minimum absolute atomic E-state index is 0.00286. The van der Waals surface area contributed by atoms with Crippen LogP contribution in [-0.4, -0.2) is 73.9 Å². The molecule has 0 amide bonds. The summed E-state index contributed by atoms with van der Waals surface area (Å²) in [6.45, 7) is 10.4. The molecule has 0 unspecified atom stereocenters. The highest BCUT2D eigenvalue weighted by molar-refractivity contribution is 5.77. The fourth-order valence-corrected chi connectivity index (χ4v) is 3.02. The maximum atomic E-state index is 11.7. The molecule has 2 heterocycles. The summed E-state index contributed by atoms with van der Waals surface area (Å²) in [6, 6.07) is 0.533. The van der Waals surface area contributed by atoms with Crippen LogP contribution in [0.25, 0.3) is 0 Å². The Bertz CT molecular complexity index is 298. The maximum Gasteiger partial charge on any atom is 0.323 e. The Labute approximate surface area is 115 Å². The first-order valence-corrected chi connectivity index (χ1v) is 7.48. The van der Waals surface area contributed by atoms with Crippen molar-refractivity contribution in [2.75, 3.05) is 46.0 Å². The van der Waals surface area contributed by atoms with Gasteiger partial charge in [-0.3, -0.25) is 14.6 Å². The largest absolute Gasteiger partial charge is 0.464 e. The van der Waals surface area contributed by atoms with E-state index in [1.54, 1.807) is 0 Å². The highest BCUT2D eigenvalue weighted by Crippen LogP contribution is 2.20. The van der Waals surface area contributed by atoms with Gasteiger partial charge in [0.05, 0.1) is 13.2 Å². The number of hydrogen-bond donors (Lipinski definition) is 0. The van der Waals surface area contributed by atoms with E-state index in [9.17, 15) is 4.79 Å².